The van der Waals surface area contributed by atoms with Gasteiger partial charge >= 0.3 is 0 Å². The molecule has 0 amide bonds. The Morgan fingerprint density at radius 2 is 1.67 bits per heavy atom. The molecule has 1 aromatic heterocycles. The number of hydrogen-bond donors (Lipinski definition) is 1. The van der Waals surface area contributed by atoms with Crippen molar-refractivity contribution in [3.63, 3.8) is 0 Å². The zero-order valence-electron chi connectivity index (χ0n) is 7.70. The van der Waals surface area contributed by atoms with E-state index in [0.717, 1.165) is 5.56 Å². The fourth-order valence-electron chi connectivity index (χ4n) is 1.14. The van der Waals surface area contributed by atoms with Crippen LogP contribution in [-0.4, -0.2) is 18.7 Å². The predicted molar refractivity (Wildman–Crippen MR) is 56.5 cm³/mol. The second-order valence-electron chi connectivity index (χ2n) is 2.86. The van der Waals surface area contributed by atoms with Gasteiger partial charge in [0.05, 0.1) is 0 Å². The molecular formula is C10H8N2O2S. The third kappa shape index (κ3) is 2.26. The maximum atomic E-state index is 10.7. The molecule has 1 atom stereocenters. The minimum atomic E-state index is -2.02. The van der Waals surface area contributed by atoms with Gasteiger partial charge in [-0.1, -0.05) is 30.3 Å². The van der Waals surface area contributed by atoms with Crippen LogP contribution in [0, 0.1) is 0 Å². The number of aromatic nitrogens is 2. The fraction of sp³-hybridized carbons (Fsp3) is 0. The predicted octanol–water partition coefficient (Wildman–Crippen LogP) is 1.72. The Kier molecular flexibility index (Phi) is 2.84. The Hall–Kier alpha value is -1.59. The standard InChI is InChI=1S/C10H8N2O2S/c13-15(14)9-6-11-10(12-7-9)8-4-2-1-3-5-8/h1-7H,(H,13,14). The van der Waals surface area contributed by atoms with E-state index in [-0.39, 0.29) is 4.90 Å². The van der Waals surface area contributed by atoms with E-state index >= 15 is 0 Å². The summed E-state index contributed by atoms with van der Waals surface area (Å²) in [6, 6.07) is 9.43. The van der Waals surface area contributed by atoms with E-state index in [1.54, 1.807) is 0 Å². The van der Waals surface area contributed by atoms with Crippen molar-refractivity contribution in [1.82, 2.24) is 9.97 Å². The quantitative estimate of drug-likeness (QED) is 0.783. The van der Waals surface area contributed by atoms with Crippen LogP contribution in [0.15, 0.2) is 47.6 Å². The third-order valence-electron chi connectivity index (χ3n) is 1.86. The van der Waals surface area contributed by atoms with Gasteiger partial charge in [0.25, 0.3) is 0 Å². The first-order valence-corrected chi connectivity index (χ1v) is 5.36. The molecule has 0 aliphatic heterocycles. The van der Waals surface area contributed by atoms with E-state index < -0.39 is 11.1 Å². The molecule has 0 radical (unpaired) electrons. The SMILES string of the molecule is O=S(O)c1cnc(-c2ccccc2)nc1. The van der Waals surface area contributed by atoms with Crippen molar-refractivity contribution in [3.05, 3.63) is 42.7 Å². The summed E-state index contributed by atoms with van der Waals surface area (Å²) < 4.78 is 19.5. The first-order valence-electron chi connectivity index (χ1n) is 4.26. The highest BCUT2D eigenvalue weighted by Crippen LogP contribution is 2.13. The highest BCUT2D eigenvalue weighted by Gasteiger charge is 2.03. The van der Waals surface area contributed by atoms with E-state index in [4.69, 9.17) is 4.55 Å². The van der Waals surface area contributed by atoms with Gasteiger partial charge in [0.2, 0.25) is 0 Å². The molecule has 0 bridgehead atoms. The van der Waals surface area contributed by atoms with Crippen LogP contribution in [0.3, 0.4) is 0 Å². The van der Waals surface area contributed by atoms with Gasteiger partial charge in [-0.2, -0.15) is 0 Å². The number of benzene rings is 1. The molecule has 2 aromatic rings. The van der Waals surface area contributed by atoms with Crippen LogP contribution in [0.5, 0.6) is 0 Å². The van der Waals surface area contributed by atoms with Crippen LogP contribution in [-0.2, 0) is 11.1 Å². The number of rotatable bonds is 2. The van der Waals surface area contributed by atoms with Crippen LogP contribution >= 0.6 is 0 Å². The lowest BCUT2D eigenvalue weighted by molar-refractivity contribution is 0.563. The van der Waals surface area contributed by atoms with Crippen molar-refractivity contribution in [2.24, 2.45) is 0 Å². The lowest BCUT2D eigenvalue weighted by Crippen LogP contribution is -1.94. The van der Waals surface area contributed by atoms with Gasteiger partial charge in [0, 0.05) is 18.0 Å². The zero-order chi connectivity index (χ0) is 10.7. The first kappa shape index (κ1) is 9.95. The molecular weight excluding hydrogens is 212 g/mol. The molecule has 2 rings (SSSR count). The smallest absolute Gasteiger partial charge is 0.189 e. The Labute approximate surface area is 89.3 Å². The Balaban J connectivity index is 2.36. The van der Waals surface area contributed by atoms with Gasteiger partial charge in [-0.15, -0.1) is 0 Å². The molecule has 1 aromatic carbocycles. The first-order chi connectivity index (χ1) is 7.27. The molecule has 1 heterocycles. The minimum Gasteiger partial charge on any atom is -0.302 e. The fourth-order valence-corrected chi connectivity index (χ4v) is 1.43. The summed E-state index contributed by atoms with van der Waals surface area (Å²) >= 11 is -2.02. The van der Waals surface area contributed by atoms with E-state index in [1.165, 1.54) is 12.4 Å². The zero-order valence-corrected chi connectivity index (χ0v) is 8.52. The molecule has 76 valence electrons. The summed E-state index contributed by atoms with van der Waals surface area (Å²) in [6.07, 6.45) is 2.71. The molecule has 0 fully saturated rings. The van der Waals surface area contributed by atoms with Gasteiger partial charge in [-0.25, -0.2) is 14.2 Å². The maximum Gasteiger partial charge on any atom is 0.189 e. The summed E-state index contributed by atoms with van der Waals surface area (Å²) in [4.78, 5) is 8.22. The average molecular weight is 220 g/mol. The Bertz CT molecular complexity index is 471. The van der Waals surface area contributed by atoms with Crippen LogP contribution < -0.4 is 0 Å². The second kappa shape index (κ2) is 4.29. The summed E-state index contributed by atoms with van der Waals surface area (Å²) in [5.74, 6) is 0.546. The molecule has 0 saturated carbocycles. The molecule has 4 nitrogen and oxygen atoms in total. The average Bonchev–Trinajstić information content (AvgIpc) is 2.30. The molecule has 15 heavy (non-hydrogen) atoms. The van der Waals surface area contributed by atoms with Gasteiger partial charge < -0.3 is 4.55 Å². The van der Waals surface area contributed by atoms with Crippen LogP contribution in [0.4, 0.5) is 0 Å². The summed E-state index contributed by atoms with van der Waals surface area (Å²) in [7, 11) is 0. The molecule has 5 heteroatoms. The van der Waals surface area contributed by atoms with Crippen LogP contribution in [0.25, 0.3) is 11.4 Å². The molecule has 0 aliphatic carbocycles. The van der Waals surface area contributed by atoms with Crippen molar-refractivity contribution < 1.29 is 8.76 Å². The van der Waals surface area contributed by atoms with E-state index in [2.05, 4.69) is 9.97 Å². The topological polar surface area (TPSA) is 63.1 Å². The third-order valence-corrected chi connectivity index (χ3v) is 2.48. The van der Waals surface area contributed by atoms with Gasteiger partial charge in [0.15, 0.2) is 16.9 Å². The van der Waals surface area contributed by atoms with Crippen molar-refractivity contribution >= 4 is 11.1 Å². The highest BCUT2D eigenvalue weighted by atomic mass is 32.2. The second-order valence-corrected chi connectivity index (χ2v) is 3.83. The monoisotopic (exact) mass is 220 g/mol. The summed E-state index contributed by atoms with van der Waals surface area (Å²) in [5.41, 5.74) is 0.882. The summed E-state index contributed by atoms with van der Waals surface area (Å²) in [6.45, 7) is 0. The highest BCUT2D eigenvalue weighted by molar-refractivity contribution is 7.79. The van der Waals surface area contributed by atoms with Crippen LogP contribution in [0.2, 0.25) is 0 Å². The lowest BCUT2D eigenvalue weighted by atomic mass is 10.2. The lowest BCUT2D eigenvalue weighted by Gasteiger charge is -1.99. The molecule has 0 aliphatic rings. The molecule has 0 spiro atoms. The van der Waals surface area contributed by atoms with Crippen molar-refractivity contribution in [3.8, 4) is 11.4 Å². The summed E-state index contributed by atoms with van der Waals surface area (Å²) in [5, 5.41) is 0. The van der Waals surface area contributed by atoms with Gasteiger partial charge in [-0.05, 0) is 0 Å². The van der Waals surface area contributed by atoms with Gasteiger partial charge in [-0.3, -0.25) is 0 Å². The van der Waals surface area contributed by atoms with Crippen molar-refractivity contribution in [2.45, 2.75) is 4.90 Å². The van der Waals surface area contributed by atoms with E-state index in [0.29, 0.717) is 5.82 Å². The number of nitrogens with zero attached hydrogens (tertiary/aromatic N) is 2. The number of hydrogen-bond acceptors (Lipinski definition) is 3. The largest absolute Gasteiger partial charge is 0.302 e. The minimum absolute atomic E-state index is 0.203. The molecule has 1 N–H and O–H groups in total. The maximum absolute atomic E-state index is 10.7. The van der Waals surface area contributed by atoms with E-state index in [9.17, 15) is 4.21 Å². The van der Waals surface area contributed by atoms with E-state index in [1.807, 2.05) is 30.3 Å². The Morgan fingerprint density at radius 1 is 1.07 bits per heavy atom. The Morgan fingerprint density at radius 3 is 2.20 bits per heavy atom. The molecule has 1 unspecified atom stereocenters. The normalized spacial score (nSPS) is 12.3. The molecule has 0 saturated heterocycles. The van der Waals surface area contributed by atoms with Crippen molar-refractivity contribution in [1.29, 1.82) is 0 Å². The van der Waals surface area contributed by atoms with Crippen molar-refractivity contribution in [2.75, 3.05) is 0 Å². The van der Waals surface area contributed by atoms with Gasteiger partial charge in [0.1, 0.15) is 4.90 Å². The van der Waals surface area contributed by atoms with Crippen LogP contribution in [0.1, 0.15) is 0 Å².